The molecule has 0 aliphatic carbocycles. The van der Waals surface area contributed by atoms with Crippen molar-refractivity contribution in [2.24, 2.45) is 0 Å². The molecule has 0 saturated carbocycles. The Labute approximate surface area is 147 Å². The minimum atomic E-state index is -0.261. The number of aryl methyl sites for hydroxylation is 1. The summed E-state index contributed by atoms with van der Waals surface area (Å²) in [4.78, 5) is 12.6. The van der Waals surface area contributed by atoms with Gasteiger partial charge in [0, 0.05) is 11.7 Å². The second-order valence-corrected chi connectivity index (χ2v) is 6.50. The van der Waals surface area contributed by atoms with Crippen LogP contribution in [0.3, 0.4) is 0 Å². The van der Waals surface area contributed by atoms with Crippen LogP contribution in [0.25, 0.3) is 10.8 Å². The van der Waals surface area contributed by atoms with Gasteiger partial charge in [-0.15, -0.1) is 0 Å². The van der Waals surface area contributed by atoms with Gasteiger partial charge in [-0.05, 0) is 41.3 Å². The molecule has 25 heavy (non-hydrogen) atoms. The number of hydrazine groups is 1. The number of hydrogen-bond donors (Lipinski definition) is 3. The number of anilines is 1. The molecule has 3 aromatic rings. The summed E-state index contributed by atoms with van der Waals surface area (Å²) >= 11 is 0. The molecule has 1 heterocycles. The molecule has 1 aliphatic rings. The number of para-hydroxylation sites is 1. The Bertz CT molecular complexity index is 916. The van der Waals surface area contributed by atoms with Crippen LogP contribution in [-0.2, 0) is 4.79 Å². The highest BCUT2D eigenvalue weighted by atomic mass is 16.2. The highest BCUT2D eigenvalue weighted by molar-refractivity contribution is 5.95. The van der Waals surface area contributed by atoms with Crippen molar-refractivity contribution in [3.8, 4) is 0 Å². The molecule has 2 unspecified atom stereocenters. The Kier molecular flexibility index (Phi) is 4.22. The van der Waals surface area contributed by atoms with Crippen molar-refractivity contribution in [2.75, 3.05) is 5.32 Å². The normalized spacial score (nSPS) is 19.9. The lowest BCUT2D eigenvalue weighted by atomic mass is 9.96. The number of carbonyl (C=O) groups is 1. The molecular formula is C21H21N3O. The summed E-state index contributed by atoms with van der Waals surface area (Å²) in [5.41, 5.74) is 9.58. The van der Waals surface area contributed by atoms with E-state index in [0.717, 1.165) is 11.3 Å². The van der Waals surface area contributed by atoms with E-state index in [1.54, 1.807) is 0 Å². The summed E-state index contributed by atoms with van der Waals surface area (Å²) in [5, 5.41) is 5.46. The summed E-state index contributed by atoms with van der Waals surface area (Å²) in [7, 11) is 0. The standard InChI is InChI=1S/C21H21N3O/c1-14-7-2-5-12-18(14)22-21(25)20-13-19(23-24-20)17-11-6-9-15-8-3-4-10-16(15)17/h2-12,19-20,23-24H,13H2,1H3,(H,22,25). The van der Waals surface area contributed by atoms with Gasteiger partial charge in [-0.1, -0.05) is 60.7 Å². The van der Waals surface area contributed by atoms with E-state index in [9.17, 15) is 4.79 Å². The van der Waals surface area contributed by atoms with E-state index < -0.39 is 0 Å². The van der Waals surface area contributed by atoms with Crippen LogP contribution in [0.2, 0.25) is 0 Å². The number of hydrogen-bond acceptors (Lipinski definition) is 3. The van der Waals surface area contributed by atoms with E-state index in [-0.39, 0.29) is 18.0 Å². The van der Waals surface area contributed by atoms with Crippen LogP contribution in [0.4, 0.5) is 5.69 Å². The first kappa shape index (κ1) is 15.8. The van der Waals surface area contributed by atoms with Crippen molar-refractivity contribution in [1.29, 1.82) is 0 Å². The van der Waals surface area contributed by atoms with Crippen LogP contribution >= 0.6 is 0 Å². The maximum Gasteiger partial charge on any atom is 0.242 e. The highest BCUT2D eigenvalue weighted by Crippen LogP contribution is 2.29. The summed E-state index contributed by atoms with van der Waals surface area (Å²) in [6, 6.07) is 22.3. The molecule has 4 heteroatoms. The minimum absolute atomic E-state index is 0.00969. The van der Waals surface area contributed by atoms with Crippen molar-refractivity contribution in [2.45, 2.75) is 25.4 Å². The number of nitrogens with one attached hydrogen (secondary N) is 3. The Morgan fingerprint density at radius 1 is 0.960 bits per heavy atom. The lowest BCUT2D eigenvalue weighted by molar-refractivity contribution is -0.117. The molecule has 1 fully saturated rings. The van der Waals surface area contributed by atoms with Gasteiger partial charge >= 0.3 is 0 Å². The largest absolute Gasteiger partial charge is 0.324 e. The lowest BCUT2D eigenvalue weighted by Crippen LogP contribution is -2.39. The van der Waals surface area contributed by atoms with Gasteiger partial charge in [0.2, 0.25) is 5.91 Å². The molecule has 0 spiro atoms. The lowest BCUT2D eigenvalue weighted by Gasteiger charge is -2.13. The molecule has 1 aliphatic heterocycles. The SMILES string of the molecule is Cc1ccccc1NC(=O)C1CC(c2cccc3ccccc23)NN1. The van der Waals surface area contributed by atoms with E-state index in [1.807, 2.05) is 37.3 Å². The molecule has 0 aromatic heterocycles. The molecule has 1 saturated heterocycles. The second-order valence-electron chi connectivity index (χ2n) is 6.50. The maximum absolute atomic E-state index is 12.6. The quantitative estimate of drug-likeness (QED) is 0.686. The van der Waals surface area contributed by atoms with Gasteiger partial charge in [0.1, 0.15) is 6.04 Å². The van der Waals surface area contributed by atoms with Crippen molar-refractivity contribution in [3.05, 3.63) is 77.9 Å². The Morgan fingerprint density at radius 2 is 1.72 bits per heavy atom. The van der Waals surface area contributed by atoms with E-state index in [2.05, 4.69) is 52.6 Å². The zero-order valence-electron chi connectivity index (χ0n) is 14.1. The predicted molar refractivity (Wildman–Crippen MR) is 101 cm³/mol. The molecule has 0 bridgehead atoms. The monoisotopic (exact) mass is 331 g/mol. The van der Waals surface area contributed by atoms with Crippen molar-refractivity contribution in [1.82, 2.24) is 10.9 Å². The number of fused-ring (bicyclic) bond motifs is 1. The Morgan fingerprint density at radius 3 is 2.60 bits per heavy atom. The third-order valence-electron chi connectivity index (χ3n) is 4.82. The fourth-order valence-electron chi connectivity index (χ4n) is 3.42. The molecule has 3 aromatic carbocycles. The van der Waals surface area contributed by atoms with Crippen molar-refractivity contribution >= 4 is 22.4 Å². The third-order valence-corrected chi connectivity index (χ3v) is 4.82. The summed E-state index contributed by atoms with van der Waals surface area (Å²) < 4.78 is 0. The van der Waals surface area contributed by atoms with E-state index in [4.69, 9.17) is 0 Å². The average Bonchev–Trinajstić information content (AvgIpc) is 3.13. The summed E-state index contributed by atoms with van der Waals surface area (Å²) in [5.74, 6) is -0.00969. The number of carbonyl (C=O) groups excluding carboxylic acids is 1. The van der Waals surface area contributed by atoms with Crippen LogP contribution in [-0.4, -0.2) is 11.9 Å². The molecule has 0 radical (unpaired) electrons. The first-order chi connectivity index (χ1) is 12.2. The Hall–Kier alpha value is -2.69. The topological polar surface area (TPSA) is 53.2 Å². The molecule has 4 nitrogen and oxygen atoms in total. The molecule has 4 rings (SSSR count). The molecule has 3 N–H and O–H groups in total. The van der Waals surface area contributed by atoms with Gasteiger partial charge in [-0.25, -0.2) is 10.9 Å². The molecule has 2 atom stereocenters. The smallest absolute Gasteiger partial charge is 0.242 e. The van der Waals surface area contributed by atoms with Crippen LogP contribution in [0.5, 0.6) is 0 Å². The zero-order chi connectivity index (χ0) is 17.2. The van der Waals surface area contributed by atoms with Crippen LogP contribution in [0.1, 0.15) is 23.6 Å². The van der Waals surface area contributed by atoms with Gasteiger partial charge in [0.25, 0.3) is 0 Å². The van der Waals surface area contributed by atoms with Gasteiger partial charge in [-0.2, -0.15) is 0 Å². The number of rotatable bonds is 3. The number of amides is 1. The Balaban J connectivity index is 1.51. The van der Waals surface area contributed by atoms with Crippen LogP contribution in [0, 0.1) is 6.92 Å². The summed E-state index contributed by atoms with van der Waals surface area (Å²) in [6.45, 7) is 1.99. The third kappa shape index (κ3) is 3.14. The van der Waals surface area contributed by atoms with Gasteiger partial charge in [0.05, 0.1) is 0 Å². The molecule has 1 amide bonds. The maximum atomic E-state index is 12.6. The van der Waals surface area contributed by atoms with E-state index in [0.29, 0.717) is 6.42 Å². The van der Waals surface area contributed by atoms with E-state index in [1.165, 1.54) is 16.3 Å². The fraction of sp³-hybridized carbons (Fsp3) is 0.190. The average molecular weight is 331 g/mol. The van der Waals surface area contributed by atoms with Crippen LogP contribution in [0.15, 0.2) is 66.7 Å². The van der Waals surface area contributed by atoms with Gasteiger partial charge < -0.3 is 5.32 Å². The second kappa shape index (κ2) is 6.67. The summed E-state index contributed by atoms with van der Waals surface area (Å²) in [6.07, 6.45) is 0.714. The number of benzene rings is 3. The van der Waals surface area contributed by atoms with Gasteiger partial charge in [0.15, 0.2) is 0 Å². The minimum Gasteiger partial charge on any atom is -0.324 e. The zero-order valence-corrected chi connectivity index (χ0v) is 14.1. The molecule has 126 valence electrons. The van der Waals surface area contributed by atoms with Crippen molar-refractivity contribution < 1.29 is 4.79 Å². The van der Waals surface area contributed by atoms with Crippen LogP contribution < -0.4 is 16.2 Å². The predicted octanol–water partition coefficient (Wildman–Crippen LogP) is 3.69. The van der Waals surface area contributed by atoms with Crippen molar-refractivity contribution in [3.63, 3.8) is 0 Å². The first-order valence-electron chi connectivity index (χ1n) is 8.57. The fourth-order valence-corrected chi connectivity index (χ4v) is 3.42. The highest BCUT2D eigenvalue weighted by Gasteiger charge is 2.31. The van der Waals surface area contributed by atoms with E-state index >= 15 is 0 Å². The first-order valence-corrected chi connectivity index (χ1v) is 8.57. The van der Waals surface area contributed by atoms with Gasteiger partial charge in [-0.3, -0.25) is 4.79 Å². The molecular weight excluding hydrogens is 310 g/mol.